The molecule has 0 unspecified atom stereocenters. The summed E-state index contributed by atoms with van der Waals surface area (Å²) in [5, 5.41) is -0.307. The van der Waals surface area contributed by atoms with Gasteiger partial charge in [0.15, 0.2) is 0 Å². The first-order valence-electron chi connectivity index (χ1n) is 6.63. The maximum atomic E-state index is 12.5. The number of carbonyl (C=O) groups excluding carboxylic acids is 2. The maximum absolute atomic E-state index is 12.5. The molecule has 1 aliphatic heterocycles. The molecule has 0 atom stereocenters. The average molecular weight is 314 g/mol. The lowest BCUT2D eigenvalue weighted by Gasteiger charge is -2.13. The van der Waals surface area contributed by atoms with E-state index in [0.717, 1.165) is 17.5 Å². The minimum atomic E-state index is -0.315. The van der Waals surface area contributed by atoms with Gasteiger partial charge in [-0.15, -0.1) is 0 Å². The molecule has 5 nitrogen and oxygen atoms in total. The van der Waals surface area contributed by atoms with Crippen LogP contribution >= 0.6 is 11.8 Å². The standard InChI is InChI=1S/C16H14N2O3S/c1-17-8-4-6-11(17)10-14-15(19)18(16(20)22-14)12-5-3-7-13(9-12)21-2/h3-10H,1-2H3/b14-10+. The number of imide groups is 1. The number of hydrogen-bond acceptors (Lipinski definition) is 4. The van der Waals surface area contributed by atoms with E-state index in [1.165, 1.54) is 4.90 Å². The van der Waals surface area contributed by atoms with Crippen LogP contribution in [0.15, 0.2) is 47.5 Å². The smallest absolute Gasteiger partial charge is 0.298 e. The molecule has 2 heterocycles. The van der Waals surface area contributed by atoms with Crippen LogP contribution in [0.5, 0.6) is 5.75 Å². The van der Waals surface area contributed by atoms with Gasteiger partial charge in [0.1, 0.15) is 5.75 Å². The van der Waals surface area contributed by atoms with Crippen LogP contribution < -0.4 is 9.64 Å². The molecule has 0 N–H and O–H groups in total. The number of aromatic nitrogens is 1. The number of amides is 2. The molecule has 2 aromatic rings. The van der Waals surface area contributed by atoms with Crippen LogP contribution in [0, 0.1) is 0 Å². The molecule has 1 aromatic heterocycles. The molecule has 1 aliphatic rings. The molecule has 0 aliphatic carbocycles. The van der Waals surface area contributed by atoms with Gasteiger partial charge in [-0.1, -0.05) is 6.07 Å². The fraction of sp³-hybridized carbons (Fsp3) is 0.125. The first kappa shape index (κ1) is 14.5. The van der Waals surface area contributed by atoms with Crippen molar-refractivity contribution in [2.24, 2.45) is 7.05 Å². The Morgan fingerprint density at radius 1 is 1.18 bits per heavy atom. The van der Waals surface area contributed by atoms with E-state index in [9.17, 15) is 9.59 Å². The molecule has 2 amide bonds. The van der Waals surface area contributed by atoms with E-state index in [1.54, 1.807) is 37.5 Å². The van der Waals surface area contributed by atoms with Crippen molar-refractivity contribution < 1.29 is 14.3 Å². The second-order valence-corrected chi connectivity index (χ2v) is 5.76. The number of carbonyl (C=O) groups is 2. The maximum Gasteiger partial charge on any atom is 0.298 e. The van der Waals surface area contributed by atoms with Gasteiger partial charge >= 0.3 is 0 Å². The van der Waals surface area contributed by atoms with Crippen molar-refractivity contribution in [1.29, 1.82) is 0 Å². The summed E-state index contributed by atoms with van der Waals surface area (Å²) in [4.78, 5) is 26.3. The molecule has 1 saturated heterocycles. The van der Waals surface area contributed by atoms with Gasteiger partial charge < -0.3 is 9.30 Å². The minimum absolute atomic E-state index is 0.307. The van der Waals surface area contributed by atoms with Crippen molar-refractivity contribution in [3.8, 4) is 5.75 Å². The van der Waals surface area contributed by atoms with E-state index >= 15 is 0 Å². The SMILES string of the molecule is COc1cccc(N2C(=O)S/C(=C/c3cccn3C)C2=O)c1. The number of anilines is 1. The summed E-state index contributed by atoms with van der Waals surface area (Å²) in [5.74, 6) is 0.285. The van der Waals surface area contributed by atoms with E-state index in [4.69, 9.17) is 4.74 Å². The Morgan fingerprint density at radius 2 is 2.00 bits per heavy atom. The van der Waals surface area contributed by atoms with Crippen molar-refractivity contribution in [2.45, 2.75) is 0 Å². The van der Waals surface area contributed by atoms with Crippen LogP contribution in [0.4, 0.5) is 10.5 Å². The largest absolute Gasteiger partial charge is 0.497 e. The quantitative estimate of drug-likeness (QED) is 0.816. The summed E-state index contributed by atoms with van der Waals surface area (Å²) in [6, 6.07) is 10.7. The summed E-state index contributed by atoms with van der Waals surface area (Å²) in [6.07, 6.45) is 3.61. The summed E-state index contributed by atoms with van der Waals surface area (Å²) >= 11 is 0.941. The molecule has 0 bridgehead atoms. The lowest BCUT2D eigenvalue weighted by molar-refractivity contribution is -0.113. The van der Waals surface area contributed by atoms with Crippen LogP contribution in [0.2, 0.25) is 0 Å². The number of rotatable bonds is 3. The third-order valence-electron chi connectivity index (χ3n) is 3.37. The topological polar surface area (TPSA) is 51.5 Å². The molecule has 1 aromatic carbocycles. The fourth-order valence-electron chi connectivity index (χ4n) is 2.20. The predicted molar refractivity (Wildman–Crippen MR) is 86.9 cm³/mol. The number of methoxy groups -OCH3 is 1. The Morgan fingerprint density at radius 3 is 2.68 bits per heavy atom. The molecule has 0 radical (unpaired) electrons. The molecule has 1 fully saturated rings. The Hall–Kier alpha value is -2.47. The molecule has 6 heteroatoms. The monoisotopic (exact) mass is 314 g/mol. The normalized spacial score (nSPS) is 16.6. The van der Waals surface area contributed by atoms with E-state index in [-0.39, 0.29) is 11.1 Å². The zero-order valence-corrected chi connectivity index (χ0v) is 13.0. The van der Waals surface area contributed by atoms with Crippen molar-refractivity contribution in [3.63, 3.8) is 0 Å². The second-order valence-electron chi connectivity index (χ2n) is 4.76. The molecule has 0 saturated carbocycles. The number of aryl methyl sites for hydroxylation is 1. The van der Waals surface area contributed by atoms with Crippen LogP contribution in [-0.2, 0) is 11.8 Å². The fourth-order valence-corrected chi connectivity index (χ4v) is 3.02. The molecular weight excluding hydrogens is 300 g/mol. The highest BCUT2D eigenvalue weighted by Crippen LogP contribution is 2.36. The zero-order valence-electron chi connectivity index (χ0n) is 12.1. The number of benzene rings is 1. The average Bonchev–Trinajstić information content (AvgIpc) is 3.03. The van der Waals surface area contributed by atoms with Crippen LogP contribution in [-0.4, -0.2) is 22.8 Å². The van der Waals surface area contributed by atoms with E-state index in [0.29, 0.717) is 16.3 Å². The van der Waals surface area contributed by atoms with E-state index in [1.807, 2.05) is 29.9 Å². The molecule has 112 valence electrons. The number of hydrogen-bond donors (Lipinski definition) is 0. The minimum Gasteiger partial charge on any atom is -0.497 e. The van der Waals surface area contributed by atoms with Gasteiger partial charge in [-0.05, 0) is 42.1 Å². The van der Waals surface area contributed by atoms with Crippen LogP contribution in [0.1, 0.15) is 5.69 Å². The van der Waals surface area contributed by atoms with Crippen LogP contribution in [0.25, 0.3) is 6.08 Å². The van der Waals surface area contributed by atoms with Gasteiger partial charge in [0, 0.05) is 25.0 Å². The summed E-state index contributed by atoms with van der Waals surface area (Å²) < 4.78 is 7.03. The third-order valence-corrected chi connectivity index (χ3v) is 4.24. The number of nitrogens with zero attached hydrogens (tertiary/aromatic N) is 2. The molecule has 0 spiro atoms. The highest BCUT2D eigenvalue weighted by molar-refractivity contribution is 8.19. The van der Waals surface area contributed by atoms with Gasteiger partial charge in [0.25, 0.3) is 11.1 Å². The number of thioether (sulfide) groups is 1. The van der Waals surface area contributed by atoms with Crippen molar-refractivity contribution >= 4 is 34.7 Å². The summed E-state index contributed by atoms with van der Waals surface area (Å²) in [6.45, 7) is 0. The van der Waals surface area contributed by atoms with Gasteiger partial charge in [0.2, 0.25) is 0 Å². The van der Waals surface area contributed by atoms with E-state index in [2.05, 4.69) is 0 Å². The Bertz CT molecular complexity index is 779. The predicted octanol–water partition coefficient (Wildman–Crippen LogP) is 3.27. The summed E-state index contributed by atoms with van der Waals surface area (Å²) in [5.41, 5.74) is 1.38. The molecule has 22 heavy (non-hydrogen) atoms. The van der Waals surface area contributed by atoms with Gasteiger partial charge in [-0.2, -0.15) is 0 Å². The Balaban J connectivity index is 1.95. The Kier molecular flexibility index (Phi) is 3.77. The van der Waals surface area contributed by atoms with E-state index < -0.39 is 0 Å². The third kappa shape index (κ3) is 2.53. The lowest BCUT2D eigenvalue weighted by atomic mass is 10.2. The van der Waals surface area contributed by atoms with Gasteiger partial charge in [0.05, 0.1) is 17.7 Å². The Labute approximate surface area is 132 Å². The molecule has 3 rings (SSSR count). The van der Waals surface area contributed by atoms with Gasteiger partial charge in [-0.25, -0.2) is 4.90 Å². The lowest BCUT2D eigenvalue weighted by Crippen LogP contribution is -2.27. The second kappa shape index (κ2) is 5.73. The zero-order chi connectivity index (χ0) is 15.7. The summed E-state index contributed by atoms with van der Waals surface area (Å²) in [7, 11) is 3.43. The number of ether oxygens (including phenoxy) is 1. The van der Waals surface area contributed by atoms with Crippen molar-refractivity contribution in [3.05, 3.63) is 53.2 Å². The first-order valence-corrected chi connectivity index (χ1v) is 7.45. The van der Waals surface area contributed by atoms with Crippen molar-refractivity contribution in [1.82, 2.24) is 4.57 Å². The first-order chi connectivity index (χ1) is 10.6. The highest BCUT2D eigenvalue weighted by atomic mass is 32.2. The van der Waals surface area contributed by atoms with Crippen LogP contribution in [0.3, 0.4) is 0 Å². The highest BCUT2D eigenvalue weighted by Gasteiger charge is 2.36. The van der Waals surface area contributed by atoms with Crippen molar-refractivity contribution in [2.75, 3.05) is 12.0 Å². The van der Waals surface area contributed by atoms with Gasteiger partial charge in [-0.3, -0.25) is 9.59 Å². The molecular formula is C16H14N2O3S.